The number of furan rings is 1. The second-order valence-corrected chi connectivity index (χ2v) is 12.3. The Morgan fingerprint density at radius 2 is 1.78 bits per heavy atom. The second kappa shape index (κ2) is 8.74. The van der Waals surface area contributed by atoms with Crippen molar-refractivity contribution in [3.8, 4) is 11.3 Å². The zero-order valence-corrected chi connectivity index (χ0v) is 22.1. The van der Waals surface area contributed by atoms with Gasteiger partial charge in [0.1, 0.15) is 11.5 Å². The molecule has 1 atom stereocenters. The molecule has 1 aliphatic heterocycles. The molecule has 0 radical (unpaired) electrons. The standard InChI is InChI=1S/C27H32N4O4S/c1-6-31(7-2)36(33,34)18-10-8-17(9-11-18)21-12-13-22(35-21)25-23-16(3)29-30-26(23)28-19-14-27(4,5)15-20(32)24(19)25/h8-13,25H,6-7,14-15H2,1-5H3,(H2,28,29,30)/t25-/m0/s1. The third-order valence-electron chi connectivity index (χ3n) is 7.15. The van der Waals surface area contributed by atoms with E-state index in [0.29, 0.717) is 31.0 Å². The van der Waals surface area contributed by atoms with Crippen molar-refractivity contribution in [2.45, 2.75) is 58.3 Å². The van der Waals surface area contributed by atoms with Crippen molar-refractivity contribution in [3.05, 3.63) is 64.7 Å². The molecule has 0 amide bonds. The third-order valence-corrected chi connectivity index (χ3v) is 9.22. The van der Waals surface area contributed by atoms with E-state index >= 15 is 0 Å². The van der Waals surface area contributed by atoms with E-state index in [0.717, 1.165) is 40.3 Å². The maximum atomic E-state index is 13.4. The molecule has 2 N–H and O–H groups in total. The monoisotopic (exact) mass is 508 g/mol. The number of aromatic nitrogens is 2. The molecular formula is C27H32N4O4S. The highest BCUT2D eigenvalue weighted by molar-refractivity contribution is 7.89. The quantitative estimate of drug-likeness (QED) is 0.473. The first-order valence-corrected chi connectivity index (χ1v) is 13.8. The summed E-state index contributed by atoms with van der Waals surface area (Å²) in [6.07, 6.45) is 1.23. The number of hydrogen-bond donors (Lipinski definition) is 2. The molecule has 1 aromatic carbocycles. The average Bonchev–Trinajstić information content (AvgIpc) is 3.45. The van der Waals surface area contributed by atoms with Gasteiger partial charge in [-0.2, -0.15) is 9.40 Å². The highest BCUT2D eigenvalue weighted by Crippen LogP contribution is 2.49. The summed E-state index contributed by atoms with van der Waals surface area (Å²) in [5.41, 5.74) is 4.09. The van der Waals surface area contributed by atoms with Gasteiger partial charge in [-0.05, 0) is 55.2 Å². The van der Waals surface area contributed by atoms with Gasteiger partial charge >= 0.3 is 0 Å². The predicted molar refractivity (Wildman–Crippen MR) is 138 cm³/mol. The fraction of sp³-hybridized carbons (Fsp3) is 0.407. The number of benzene rings is 1. The number of rotatable bonds is 6. The number of Topliss-reactive ketones (excluding diaryl/α,β-unsaturated/α-hetero) is 1. The number of allylic oxidation sites excluding steroid dienone is 2. The Bertz CT molecular complexity index is 1460. The molecule has 0 fully saturated rings. The molecule has 3 heterocycles. The molecule has 8 nitrogen and oxygen atoms in total. The maximum absolute atomic E-state index is 13.4. The minimum absolute atomic E-state index is 0.119. The van der Waals surface area contributed by atoms with Crippen LogP contribution in [0.3, 0.4) is 0 Å². The number of sulfonamides is 1. The number of hydrogen-bond acceptors (Lipinski definition) is 6. The zero-order chi connectivity index (χ0) is 25.8. The fourth-order valence-electron chi connectivity index (χ4n) is 5.41. The Hall–Kier alpha value is -3.17. The van der Waals surface area contributed by atoms with Crippen LogP contribution in [0, 0.1) is 12.3 Å². The number of nitrogens with one attached hydrogen (secondary N) is 2. The first-order chi connectivity index (χ1) is 17.1. The van der Waals surface area contributed by atoms with Crippen LogP contribution in [0.4, 0.5) is 5.82 Å². The number of aryl methyl sites for hydroxylation is 1. The van der Waals surface area contributed by atoms with Gasteiger partial charge in [0.2, 0.25) is 10.0 Å². The normalized spacial score (nSPS) is 19.3. The van der Waals surface area contributed by atoms with Crippen LogP contribution in [0.15, 0.2) is 57.0 Å². The molecule has 0 spiro atoms. The maximum Gasteiger partial charge on any atom is 0.243 e. The van der Waals surface area contributed by atoms with Crippen LogP contribution in [0.2, 0.25) is 0 Å². The Balaban J connectivity index is 1.52. The average molecular weight is 509 g/mol. The first-order valence-electron chi connectivity index (χ1n) is 12.3. The van der Waals surface area contributed by atoms with Crippen molar-refractivity contribution < 1.29 is 17.6 Å². The molecular weight excluding hydrogens is 476 g/mol. The number of ketones is 1. The summed E-state index contributed by atoms with van der Waals surface area (Å²) in [5, 5.41) is 10.9. The summed E-state index contributed by atoms with van der Waals surface area (Å²) in [6, 6.07) is 10.5. The van der Waals surface area contributed by atoms with Crippen LogP contribution in [0.1, 0.15) is 63.5 Å². The van der Waals surface area contributed by atoms with E-state index in [2.05, 4.69) is 29.4 Å². The molecule has 0 bridgehead atoms. The number of nitrogens with zero attached hydrogens (tertiary/aromatic N) is 2. The molecule has 1 aliphatic carbocycles. The zero-order valence-electron chi connectivity index (χ0n) is 21.3. The molecule has 2 aliphatic rings. The number of carbonyl (C=O) groups excluding carboxylic acids is 1. The topological polar surface area (TPSA) is 108 Å². The Morgan fingerprint density at radius 1 is 1.08 bits per heavy atom. The molecule has 5 rings (SSSR count). The van der Waals surface area contributed by atoms with Crippen molar-refractivity contribution >= 4 is 21.6 Å². The van der Waals surface area contributed by atoms with Crippen molar-refractivity contribution in [1.29, 1.82) is 0 Å². The SMILES string of the molecule is CCN(CC)S(=O)(=O)c1ccc(-c2ccc([C@@H]3C4=C(CC(C)(C)CC4=O)Nc4n[nH]c(C)c43)o2)cc1. The number of fused-ring (bicyclic) bond motifs is 1. The number of anilines is 1. The Kier molecular flexibility index (Phi) is 5.95. The van der Waals surface area contributed by atoms with E-state index in [9.17, 15) is 13.2 Å². The third kappa shape index (κ3) is 4.00. The van der Waals surface area contributed by atoms with E-state index in [1.807, 2.05) is 32.9 Å². The number of carbonyl (C=O) groups is 1. The van der Waals surface area contributed by atoms with Gasteiger partial charge in [0.05, 0.1) is 10.8 Å². The van der Waals surface area contributed by atoms with E-state index < -0.39 is 10.0 Å². The summed E-state index contributed by atoms with van der Waals surface area (Å²) in [6.45, 7) is 10.6. The van der Waals surface area contributed by atoms with Crippen LogP contribution in [-0.4, -0.2) is 41.8 Å². The van der Waals surface area contributed by atoms with Gasteiger partial charge in [0.15, 0.2) is 11.6 Å². The highest BCUT2D eigenvalue weighted by Gasteiger charge is 2.43. The van der Waals surface area contributed by atoms with Gasteiger partial charge in [-0.25, -0.2) is 8.42 Å². The summed E-state index contributed by atoms with van der Waals surface area (Å²) in [7, 11) is -3.53. The molecule has 9 heteroatoms. The Morgan fingerprint density at radius 3 is 2.44 bits per heavy atom. The predicted octanol–water partition coefficient (Wildman–Crippen LogP) is 5.21. The van der Waals surface area contributed by atoms with E-state index in [1.165, 1.54) is 4.31 Å². The van der Waals surface area contributed by atoms with Gasteiger partial charge in [0, 0.05) is 47.6 Å². The van der Waals surface area contributed by atoms with E-state index in [1.54, 1.807) is 24.3 Å². The van der Waals surface area contributed by atoms with Crippen molar-refractivity contribution in [1.82, 2.24) is 14.5 Å². The molecule has 3 aromatic rings. The van der Waals surface area contributed by atoms with Gasteiger partial charge in [0.25, 0.3) is 0 Å². The van der Waals surface area contributed by atoms with Crippen LogP contribution in [-0.2, 0) is 14.8 Å². The minimum Gasteiger partial charge on any atom is -0.460 e. The smallest absolute Gasteiger partial charge is 0.243 e. The molecule has 0 saturated heterocycles. The van der Waals surface area contributed by atoms with Crippen LogP contribution >= 0.6 is 0 Å². The summed E-state index contributed by atoms with van der Waals surface area (Å²) < 4.78 is 33.4. The lowest BCUT2D eigenvalue weighted by Crippen LogP contribution is -2.33. The van der Waals surface area contributed by atoms with Gasteiger partial charge in [-0.3, -0.25) is 9.89 Å². The first kappa shape index (κ1) is 24.5. The molecule has 0 saturated carbocycles. The largest absolute Gasteiger partial charge is 0.460 e. The lowest BCUT2D eigenvalue weighted by molar-refractivity contribution is -0.118. The van der Waals surface area contributed by atoms with Crippen molar-refractivity contribution in [2.75, 3.05) is 18.4 Å². The van der Waals surface area contributed by atoms with Gasteiger partial charge < -0.3 is 9.73 Å². The van der Waals surface area contributed by atoms with E-state index in [4.69, 9.17) is 4.42 Å². The van der Waals surface area contributed by atoms with Crippen molar-refractivity contribution in [2.24, 2.45) is 5.41 Å². The lowest BCUT2D eigenvalue weighted by Gasteiger charge is -2.37. The van der Waals surface area contributed by atoms with E-state index in [-0.39, 0.29) is 22.0 Å². The van der Waals surface area contributed by atoms with Crippen LogP contribution in [0.25, 0.3) is 11.3 Å². The lowest BCUT2D eigenvalue weighted by atomic mass is 9.70. The molecule has 36 heavy (non-hydrogen) atoms. The van der Waals surface area contributed by atoms with Crippen molar-refractivity contribution in [3.63, 3.8) is 0 Å². The fourth-order valence-corrected chi connectivity index (χ4v) is 6.86. The van der Waals surface area contributed by atoms with Gasteiger partial charge in [-0.15, -0.1) is 0 Å². The van der Waals surface area contributed by atoms with Crippen LogP contribution in [0.5, 0.6) is 0 Å². The summed E-state index contributed by atoms with van der Waals surface area (Å²) in [5.74, 6) is 1.77. The Labute approximate surface area is 211 Å². The van der Waals surface area contributed by atoms with Crippen LogP contribution < -0.4 is 5.32 Å². The molecule has 2 aromatic heterocycles. The number of aromatic amines is 1. The van der Waals surface area contributed by atoms with Gasteiger partial charge in [-0.1, -0.05) is 27.7 Å². The summed E-state index contributed by atoms with van der Waals surface area (Å²) in [4.78, 5) is 13.6. The number of H-pyrrole nitrogens is 1. The highest BCUT2D eigenvalue weighted by atomic mass is 32.2. The molecule has 0 unspecified atom stereocenters. The minimum atomic E-state index is -3.53. The summed E-state index contributed by atoms with van der Waals surface area (Å²) >= 11 is 0. The molecule has 190 valence electrons. The second-order valence-electron chi connectivity index (χ2n) is 10.3.